The van der Waals surface area contributed by atoms with E-state index in [-0.39, 0.29) is 11.8 Å². The van der Waals surface area contributed by atoms with Crippen molar-refractivity contribution >= 4 is 28.9 Å². The Morgan fingerprint density at radius 1 is 1.52 bits per heavy atom. The maximum absolute atomic E-state index is 12.6. The Balaban J connectivity index is 2.10. The standard InChI is InChI=1S/C14H19N3O3S/c1-16-13(18)6-5-12(15-16)14(19)17(7-8-20-2)10-11-4-3-9-21-11/h3-4,9H,5-8,10H2,1-2H3. The molecule has 0 aliphatic carbocycles. The van der Waals surface area contributed by atoms with Crippen LogP contribution in [-0.2, 0) is 20.9 Å². The molecule has 0 bridgehead atoms. The van der Waals surface area contributed by atoms with Crippen LogP contribution in [0.2, 0.25) is 0 Å². The van der Waals surface area contributed by atoms with Crippen LogP contribution in [0, 0.1) is 0 Å². The molecule has 0 unspecified atom stereocenters. The summed E-state index contributed by atoms with van der Waals surface area (Å²) in [5, 5.41) is 7.32. The summed E-state index contributed by atoms with van der Waals surface area (Å²) in [6.45, 7) is 1.51. The molecule has 1 aromatic rings. The Bertz CT molecular complexity index is 528. The molecule has 0 aromatic carbocycles. The van der Waals surface area contributed by atoms with Crippen LogP contribution in [-0.4, -0.2) is 54.7 Å². The van der Waals surface area contributed by atoms with Crippen molar-refractivity contribution in [2.45, 2.75) is 19.4 Å². The predicted molar refractivity (Wildman–Crippen MR) is 81.1 cm³/mol. The van der Waals surface area contributed by atoms with Crippen LogP contribution >= 0.6 is 11.3 Å². The van der Waals surface area contributed by atoms with E-state index in [1.165, 1.54) is 5.01 Å². The van der Waals surface area contributed by atoms with Crippen molar-refractivity contribution in [3.05, 3.63) is 22.4 Å². The molecule has 0 atom stereocenters. The molecular formula is C14H19N3O3S. The third-order valence-corrected chi connectivity index (χ3v) is 4.09. The summed E-state index contributed by atoms with van der Waals surface area (Å²) in [6, 6.07) is 3.96. The van der Waals surface area contributed by atoms with Crippen molar-refractivity contribution in [2.75, 3.05) is 27.3 Å². The monoisotopic (exact) mass is 309 g/mol. The lowest BCUT2D eigenvalue weighted by Gasteiger charge is -2.25. The maximum Gasteiger partial charge on any atom is 0.270 e. The summed E-state index contributed by atoms with van der Waals surface area (Å²) in [4.78, 5) is 26.9. The first-order valence-electron chi connectivity index (χ1n) is 6.76. The van der Waals surface area contributed by atoms with Gasteiger partial charge in [0.05, 0.1) is 13.2 Å². The van der Waals surface area contributed by atoms with E-state index in [2.05, 4.69) is 5.10 Å². The fraction of sp³-hybridized carbons (Fsp3) is 0.500. The van der Waals surface area contributed by atoms with E-state index in [1.807, 2.05) is 17.5 Å². The first-order valence-corrected chi connectivity index (χ1v) is 7.64. The predicted octanol–water partition coefficient (Wildman–Crippen LogP) is 1.33. The van der Waals surface area contributed by atoms with Crippen molar-refractivity contribution in [3.8, 4) is 0 Å². The summed E-state index contributed by atoms with van der Waals surface area (Å²) >= 11 is 1.61. The fourth-order valence-electron chi connectivity index (χ4n) is 2.05. The van der Waals surface area contributed by atoms with E-state index in [1.54, 1.807) is 30.4 Å². The quantitative estimate of drug-likeness (QED) is 0.796. The Morgan fingerprint density at radius 3 is 2.95 bits per heavy atom. The normalized spacial score (nSPS) is 15.0. The number of carbonyl (C=O) groups excluding carboxylic acids is 2. The van der Waals surface area contributed by atoms with Gasteiger partial charge in [-0.1, -0.05) is 6.07 Å². The number of ether oxygens (including phenoxy) is 1. The smallest absolute Gasteiger partial charge is 0.270 e. The molecule has 2 amide bonds. The number of carbonyl (C=O) groups is 2. The number of rotatable bonds is 6. The molecule has 0 radical (unpaired) electrons. The number of hydrogen-bond donors (Lipinski definition) is 0. The second-order valence-electron chi connectivity index (χ2n) is 4.76. The Kier molecular flexibility index (Phi) is 5.46. The Hall–Kier alpha value is -1.73. The summed E-state index contributed by atoms with van der Waals surface area (Å²) in [5.41, 5.74) is 0.435. The van der Waals surface area contributed by atoms with Gasteiger partial charge in [0, 0.05) is 38.4 Å². The van der Waals surface area contributed by atoms with Crippen LogP contribution < -0.4 is 0 Å². The van der Waals surface area contributed by atoms with Crippen molar-refractivity contribution < 1.29 is 14.3 Å². The number of hydrazone groups is 1. The highest BCUT2D eigenvalue weighted by atomic mass is 32.1. The molecule has 1 aliphatic heterocycles. The molecule has 0 saturated heterocycles. The average Bonchev–Trinajstić information content (AvgIpc) is 2.98. The molecule has 0 spiro atoms. The molecule has 0 saturated carbocycles. The van der Waals surface area contributed by atoms with Crippen molar-refractivity contribution in [3.63, 3.8) is 0 Å². The van der Waals surface area contributed by atoms with E-state index in [0.717, 1.165) is 4.88 Å². The SMILES string of the molecule is COCCN(Cc1cccs1)C(=O)C1=NN(C)C(=O)CC1. The van der Waals surface area contributed by atoms with Gasteiger partial charge in [-0.3, -0.25) is 9.59 Å². The summed E-state index contributed by atoms with van der Waals surface area (Å²) in [7, 11) is 3.19. The van der Waals surface area contributed by atoms with Gasteiger partial charge >= 0.3 is 0 Å². The first-order chi connectivity index (χ1) is 10.1. The second-order valence-corrected chi connectivity index (χ2v) is 5.80. The van der Waals surface area contributed by atoms with Gasteiger partial charge in [0.25, 0.3) is 5.91 Å². The van der Waals surface area contributed by atoms with Crippen molar-refractivity contribution in [2.24, 2.45) is 5.10 Å². The van der Waals surface area contributed by atoms with E-state index >= 15 is 0 Å². The third kappa shape index (κ3) is 4.12. The van der Waals surface area contributed by atoms with Gasteiger partial charge in [0.1, 0.15) is 5.71 Å². The van der Waals surface area contributed by atoms with Gasteiger partial charge in [0.2, 0.25) is 5.91 Å². The highest BCUT2D eigenvalue weighted by molar-refractivity contribution is 7.09. The van der Waals surface area contributed by atoms with Gasteiger partial charge in [0.15, 0.2) is 0 Å². The highest BCUT2D eigenvalue weighted by Crippen LogP contribution is 2.15. The number of methoxy groups -OCH3 is 1. The largest absolute Gasteiger partial charge is 0.383 e. The molecule has 0 N–H and O–H groups in total. The lowest BCUT2D eigenvalue weighted by Crippen LogP contribution is -2.41. The molecule has 2 rings (SSSR count). The van der Waals surface area contributed by atoms with Crippen molar-refractivity contribution in [1.29, 1.82) is 0 Å². The van der Waals surface area contributed by atoms with Crippen LogP contribution in [0.3, 0.4) is 0 Å². The maximum atomic E-state index is 12.6. The van der Waals surface area contributed by atoms with Crippen LogP contribution in [0.5, 0.6) is 0 Å². The molecule has 1 aromatic heterocycles. The Morgan fingerprint density at radius 2 is 2.33 bits per heavy atom. The molecule has 21 heavy (non-hydrogen) atoms. The highest BCUT2D eigenvalue weighted by Gasteiger charge is 2.26. The first kappa shape index (κ1) is 15.7. The van der Waals surface area contributed by atoms with E-state index in [0.29, 0.717) is 38.2 Å². The van der Waals surface area contributed by atoms with Crippen LogP contribution in [0.25, 0.3) is 0 Å². The van der Waals surface area contributed by atoms with Crippen LogP contribution in [0.15, 0.2) is 22.6 Å². The van der Waals surface area contributed by atoms with Crippen LogP contribution in [0.1, 0.15) is 17.7 Å². The van der Waals surface area contributed by atoms with E-state index in [9.17, 15) is 9.59 Å². The number of amides is 2. The summed E-state index contributed by atoms with van der Waals surface area (Å²) in [5.74, 6) is -0.187. The van der Waals surface area contributed by atoms with Crippen molar-refractivity contribution in [1.82, 2.24) is 9.91 Å². The minimum absolute atomic E-state index is 0.0618. The molecule has 2 heterocycles. The number of nitrogens with zero attached hydrogens (tertiary/aromatic N) is 3. The third-order valence-electron chi connectivity index (χ3n) is 3.23. The molecule has 0 fully saturated rings. The van der Waals surface area contributed by atoms with Gasteiger partial charge in [-0.2, -0.15) is 5.10 Å². The number of thiophene rings is 1. The topological polar surface area (TPSA) is 62.2 Å². The molecule has 6 nitrogen and oxygen atoms in total. The molecule has 114 valence electrons. The Labute approximate surface area is 128 Å². The zero-order chi connectivity index (χ0) is 15.2. The van der Waals surface area contributed by atoms with E-state index < -0.39 is 0 Å². The minimum Gasteiger partial charge on any atom is -0.383 e. The molecular weight excluding hydrogens is 290 g/mol. The molecule has 7 heteroatoms. The molecule has 1 aliphatic rings. The summed E-state index contributed by atoms with van der Waals surface area (Å²) in [6.07, 6.45) is 0.730. The zero-order valence-electron chi connectivity index (χ0n) is 12.2. The van der Waals surface area contributed by atoms with Gasteiger partial charge in [-0.05, 0) is 11.4 Å². The lowest BCUT2D eigenvalue weighted by atomic mass is 10.1. The minimum atomic E-state index is -0.125. The number of hydrogen-bond acceptors (Lipinski definition) is 5. The average molecular weight is 309 g/mol. The van der Waals surface area contributed by atoms with Gasteiger partial charge in [-0.25, -0.2) is 5.01 Å². The van der Waals surface area contributed by atoms with E-state index in [4.69, 9.17) is 4.74 Å². The zero-order valence-corrected chi connectivity index (χ0v) is 13.1. The summed E-state index contributed by atoms with van der Waals surface area (Å²) < 4.78 is 5.07. The van der Waals surface area contributed by atoms with Gasteiger partial charge in [-0.15, -0.1) is 11.3 Å². The second kappa shape index (κ2) is 7.33. The van der Waals surface area contributed by atoms with Gasteiger partial charge < -0.3 is 9.64 Å². The van der Waals surface area contributed by atoms with Crippen LogP contribution in [0.4, 0.5) is 0 Å². The fourth-order valence-corrected chi connectivity index (χ4v) is 2.77. The lowest BCUT2D eigenvalue weighted by molar-refractivity contribution is -0.130.